The summed E-state index contributed by atoms with van der Waals surface area (Å²) in [5.41, 5.74) is 0. The number of quaternary nitrogens is 1. The highest BCUT2D eigenvalue weighted by molar-refractivity contribution is 8.13. The first-order chi connectivity index (χ1) is 4.92. The molecule has 0 saturated heterocycles. The summed E-state index contributed by atoms with van der Waals surface area (Å²) in [7, 11) is 6.50. The first kappa shape index (κ1) is 11.0. The van der Waals surface area contributed by atoms with Gasteiger partial charge in [-0.05, 0) is 0 Å². The van der Waals surface area contributed by atoms with E-state index in [9.17, 15) is 4.79 Å². The van der Waals surface area contributed by atoms with E-state index in [1.54, 1.807) is 6.92 Å². The summed E-state index contributed by atoms with van der Waals surface area (Å²) in [6, 6.07) is 0. The molecule has 0 N–H and O–H groups in total. The monoisotopic (exact) mass is 176 g/mol. The van der Waals surface area contributed by atoms with Gasteiger partial charge in [0.05, 0.1) is 27.7 Å². The van der Waals surface area contributed by atoms with Crippen LogP contribution in [-0.2, 0) is 4.79 Å². The van der Waals surface area contributed by atoms with Gasteiger partial charge in [-0.2, -0.15) is 0 Å². The summed E-state index contributed by atoms with van der Waals surface area (Å²) < 4.78 is 0.985. The van der Waals surface area contributed by atoms with Gasteiger partial charge in [-0.15, -0.1) is 0 Å². The van der Waals surface area contributed by atoms with Crippen molar-refractivity contribution >= 4 is 16.9 Å². The van der Waals surface area contributed by atoms with Crippen LogP contribution in [0.3, 0.4) is 0 Å². The maximum Gasteiger partial charge on any atom is 0.185 e. The zero-order valence-corrected chi connectivity index (χ0v) is 8.70. The number of hydrogen-bond acceptors (Lipinski definition) is 2. The Bertz CT molecular complexity index is 129. The van der Waals surface area contributed by atoms with Crippen molar-refractivity contribution in [3.05, 3.63) is 0 Å². The molecular formula is C8H18NOS+. The van der Waals surface area contributed by atoms with Gasteiger partial charge in [-0.3, -0.25) is 4.79 Å². The fourth-order valence-corrected chi connectivity index (χ4v) is 1.32. The second-order valence-electron chi connectivity index (χ2n) is 3.71. The van der Waals surface area contributed by atoms with E-state index < -0.39 is 0 Å². The second-order valence-corrected chi connectivity index (χ2v) is 4.98. The summed E-state index contributed by atoms with van der Waals surface area (Å²) in [6.07, 6.45) is 1.12. The van der Waals surface area contributed by atoms with Gasteiger partial charge in [0, 0.05) is 19.1 Å². The molecule has 11 heavy (non-hydrogen) atoms. The lowest BCUT2D eigenvalue weighted by atomic mass is 10.4. The molecule has 0 unspecified atom stereocenters. The molecule has 0 spiro atoms. The minimum Gasteiger partial charge on any atom is -0.331 e. The Morgan fingerprint density at radius 3 is 2.27 bits per heavy atom. The normalized spacial score (nSPS) is 11.6. The van der Waals surface area contributed by atoms with Crippen LogP contribution in [0.1, 0.15) is 13.3 Å². The average molecular weight is 176 g/mol. The first-order valence-electron chi connectivity index (χ1n) is 3.85. The van der Waals surface area contributed by atoms with Crippen LogP contribution in [0.25, 0.3) is 0 Å². The van der Waals surface area contributed by atoms with Crippen molar-refractivity contribution in [2.24, 2.45) is 0 Å². The third-order valence-corrected chi connectivity index (χ3v) is 2.18. The lowest BCUT2D eigenvalue weighted by Crippen LogP contribution is -2.35. The molecule has 0 aromatic heterocycles. The quantitative estimate of drug-likeness (QED) is 0.475. The van der Waals surface area contributed by atoms with Crippen LogP contribution in [-0.4, -0.2) is 43.0 Å². The largest absolute Gasteiger partial charge is 0.331 e. The van der Waals surface area contributed by atoms with Gasteiger partial charge >= 0.3 is 0 Å². The lowest BCUT2D eigenvalue weighted by molar-refractivity contribution is -0.870. The number of carbonyl (C=O) groups excluding carboxylic acids is 1. The Kier molecular flexibility index (Phi) is 4.77. The van der Waals surface area contributed by atoms with Crippen LogP contribution in [0, 0.1) is 0 Å². The molecular weight excluding hydrogens is 158 g/mol. The Balaban J connectivity index is 3.22. The number of thioether (sulfide) groups is 1. The minimum atomic E-state index is 0.228. The molecule has 0 aromatic rings. The maximum absolute atomic E-state index is 10.5. The predicted molar refractivity (Wildman–Crippen MR) is 50.7 cm³/mol. The number of nitrogens with zero attached hydrogens (tertiary/aromatic N) is 1. The van der Waals surface area contributed by atoms with Crippen molar-refractivity contribution in [3.63, 3.8) is 0 Å². The first-order valence-corrected chi connectivity index (χ1v) is 4.84. The van der Waals surface area contributed by atoms with Crippen molar-refractivity contribution in [2.45, 2.75) is 13.3 Å². The van der Waals surface area contributed by atoms with E-state index in [2.05, 4.69) is 21.1 Å². The van der Waals surface area contributed by atoms with Gasteiger partial charge in [0.25, 0.3) is 0 Å². The molecule has 0 radical (unpaired) electrons. The molecule has 66 valence electrons. The third-order valence-electron chi connectivity index (χ3n) is 1.28. The molecule has 0 aliphatic rings. The molecule has 3 heteroatoms. The summed E-state index contributed by atoms with van der Waals surface area (Å²) in [5.74, 6) is 0.963. The van der Waals surface area contributed by atoms with Crippen LogP contribution < -0.4 is 0 Å². The van der Waals surface area contributed by atoms with Crippen LogP contribution in [0.2, 0.25) is 0 Å². The van der Waals surface area contributed by atoms with Gasteiger partial charge in [-0.1, -0.05) is 11.8 Å². The van der Waals surface area contributed by atoms with E-state index in [1.165, 1.54) is 11.8 Å². The van der Waals surface area contributed by atoms with Crippen molar-refractivity contribution in [1.29, 1.82) is 0 Å². The van der Waals surface area contributed by atoms with Crippen molar-refractivity contribution in [1.82, 2.24) is 0 Å². The summed E-state index contributed by atoms with van der Waals surface area (Å²) in [5, 5.41) is 0.228. The van der Waals surface area contributed by atoms with Gasteiger partial charge in [0.15, 0.2) is 5.12 Å². The molecule has 0 rings (SSSR count). The maximum atomic E-state index is 10.5. The molecule has 0 aromatic carbocycles. The van der Waals surface area contributed by atoms with E-state index >= 15 is 0 Å². The minimum absolute atomic E-state index is 0.228. The molecule has 0 bridgehead atoms. The predicted octanol–water partition coefficient (Wildman–Crippen LogP) is 1.36. The van der Waals surface area contributed by atoms with Gasteiger partial charge < -0.3 is 4.48 Å². The molecule has 0 amide bonds. The SMILES string of the molecule is CC(=O)SCCC[N+](C)(C)C. The highest BCUT2D eigenvalue weighted by atomic mass is 32.2. The van der Waals surface area contributed by atoms with Crippen molar-refractivity contribution in [3.8, 4) is 0 Å². The highest BCUT2D eigenvalue weighted by Crippen LogP contribution is 2.04. The summed E-state index contributed by atoms with van der Waals surface area (Å²) in [4.78, 5) is 10.5. The average Bonchev–Trinajstić information content (AvgIpc) is 1.78. The van der Waals surface area contributed by atoms with E-state index in [4.69, 9.17) is 0 Å². The zero-order chi connectivity index (χ0) is 8.91. The molecule has 0 aliphatic carbocycles. The molecule has 0 fully saturated rings. The smallest absolute Gasteiger partial charge is 0.185 e. The molecule has 2 nitrogen and oxygen atoms in total. The Morgan fingerprint density at radius 1 is 1.36 bits per heavy atom. The number of rotatable bonds is 4. The summed E-state index contributed by atoms with van der Waals surface area (Å²) in [6.45, 7) is 2.76. The third kappa shape index (κ3) is 9.98. The summed E-state index contributed by atoms with van der Waals surface area (Å²) >= 11 is 1.42. The van der Waals surface area contributed by atoms with Crippen LogP contribution in [0.4, 0.5) is 0 Å². The molecule has 0 saturated carbocycles. The van der Waals surface area contributed by atoms with E-state index in [-0.39, 0.29) is 5.12 Å². The van der Waals surface area contributed by atoms with Gasteiger partial charge in [0.2, 0.25) is 0 Å². The van der Waals surface area contributed by atoms with Crippen molar-refractivity contribution < 1.29 is 9.28 Å². The fraction of sp³-hybridized carbons (Fsp3) is 0.875. The Morgan fingerprint density at radius 2 is 1.91 bits per heavy atom. The number of carbonyl (C=O) groups is 1. The van der Waals surface area contributed by atoms with E-state index in [0.717, 1.165) is 23.2 Å². The highest BCUT2D eigenvalue weighted by Gasteiger charge is 2.05. The van der Waals surface area contributed by atoms with E-state index in [0.29, 0.717) is 0 Å². The van der Waals surface area contributed by atoms with Crippen LogP contribution in [0.15, 0.2) is 0 Å². The van der Waals surface area contributed by atoms with Crippen LogP contribution in [0.5, 0.6) is 0 Å². The number of hydrogen-bond donors (Lipinski definition) is 0. The van der Waals surface area contributed by atoms with Crippen LogP contribution >= 0.6 is 11.8 Å². The second kappa shape index (κ2) is 4.78. The standard InChI is InChI=1S/C8H18NOS/c1-8(10)11-7-5-6-9(2,3)4/h5-7H2,1-4H3/q+1. The molecule has 0 heterocycles. The van der Waals surface area contributed by atoms with Gasteiger partial charge in [0.1, 0.15) is 0 Å². The Hall–Kier alpha value is -0.0200. The van der Waals surface area contributed by atoms with Gasteiger partial charge in [-0.25, -0.2) is 0 Å². The van der Waals surface area contributed by atoms with E-state index in [1.807, 2.05) is 0 Å². The fourth-order valence-electron chi connectivity index (χ4n) is 0.755. The Labute approximate surface area is 73.5 Å². The topological polar surface area (TPSA) is 17.1 Å². The lowest BCUT2D eigenvalue weighted by Gasteiger charge is -2.23. The van der Waals surface area contributed by atoms with Crippen molar-refractivity contribution in [2.75, 3.05) is 33.4 Å². The molecule has 0 aliphatic heterocycles. The zero-order valence-electron chi connectivity index (χ0n) is 7.89. The molecule has 0 atom stereocenters.